The second-order valence-electron chi connectivity index (χ2n) is 6.08. The van der Waals surface area contributed by atoms with Crippen LogP contribution in [0.1, 0.15) is 21.5 Å². The molecule has 0 spiro atoms. The van der Waals surface area contributed by atoms with Crippen LogP contribution in [0, 0.1) is 10.1 Å². The third-order valence-corrected chi connectivity index (χ3v) is 4.08. The molecule has 0 amide bonds. The smallest absolute Gasteiger partial charge is 0.337 e. The number of hydrogen-bond donors (Lipinski definition) is 0. The lowest BCUT2D eigenvalue weighted by Crippen LogP contribution is -2.02. The predicted octanol–water partition coefficient (Wildman–Crippen LogP) is 4.71. The fourth-order valence-electron chi connectivity index (χ4n) is 2.48. The molecule has 0 aliphatic rings. The summed E-state index contributed by atoms with van der Waals surface area (Å²) in [5.41, 5.74) is 2.96. The lowest BCUT2D eigenvalue weighted by Gasteiger charge is -2.07. The minimum atomic E-state index is -0.445. The Morgan fingerprint density at radius 3 is 2.24 bits per heavy atom. The molecule has 0 aromatic heterocycles. The predicted molar refractivity (Wildman–Crippen MR) is 109 cm³/mol. The highest BCUT2D eigenvalue weighted by Gasteiger charge is 2.05. The molecule has 0 radical (unpaired) electrons. The molecule has 0 bridgehead atoms. The van der Waals surface area contributed by atoms with E-state index in [1.807, 2.05) is 36.4 Å². The fourth-order valence-corrected chi connectivity index (χ4v) is 2.48. The maximum Gasteiger partial charge on any atom is 0.337 e. The summed E-state index contributed by atoms with van der Waals surface area (Å²) in [6.07, 6.45) is 1.68. The quantitative estimate of drug-likeness (QED) is 0.252. The van der Waals surface area contributed by atoms with Crippen molar-refractivity contribution in [3.8, 4) is 5.75 Å². The Morgan fingerprint density at radius 2 is 1.66 bits per heavy atom. The van der Waals surface area contributed by atoms with Crippen LogP contribution in [0.25, 0.3) is 0 Å². The molecule has 0 heterocycles. The number of nitro benzene ring substituents is 1. The normalized spacial score (nSPS) is 10.7. The van der Waals surface area contributed by atoms with Gasteiger partial charge >= 0.3 is 5.97 Å². The summed E-state index contributed by atoms with van der Waals surface area (Å²) in [5.74, 6) is 0.331. The third kappa shape index (κ3) is 5.49. The van der Waals surface area contributed by atoms with Gasteiger partial charge in [-0.15, -0.1) is 0 Å². The van der Waals surface area contributed by atoms with Gasteiger partial charge in [0.05, 0.1) is 23.3 Å². The summed E-state index contributed by atoms with van der Waals surface area (Å²) >= 11 is 0. The van der Waals surface area contributed by atoms with E-state index < -0.39 is 4.92 Å². The van der Waals surface area contributed by atoms with Crippen LogP contribution in [0.15, 0.2) is 77.8 Å². The van der Waals surface area contributed by atoms with Gasteiger partial charge in [0, 0.05) is 18.3 Å². The molecule has 3 aromatic rings. The van der Waals surface area contributed by atoms with Crippen LogP contribution >= 0.6 is 0 Å². The van der Waals surface area contributed by atoms with E-state index in [9.17, 15) is 14.9 Å². The van der Waals surface area contributed by atoms with Gasteiger partial charge in [0.2, 0.25) is 0 Å². The van der Waals surface area contributed by atoms with Crippen LogP contribution in [0.5, 0.6) is 5.75 Å². The second-order valence-corrected chi connectivity index (χ2v) is 6.08. The zero-order chi connectivity index (χ0) is 20.6. The van der Waals surface area contributed by atoms with E-state index in [0.29, 0.717) is 23.6 Å². The summed E-state index contributed by atoms with van der Waals surface area (Å²) in [5, 5.41) is 10.7. The van der Waals surface area contributed by atoms with Crippen LogP contribution in [-0.2, 0) is 11.3 Å². The number of hydrogen-bond acceptors (Lipinski definition) is 6. The summed E-state index contributed by atoms with van der Waals surface area (Å²) in [6, 6.07) is 20.5. The Labute approximate surface area is 167 Å². The summed E-state index contributed by atoms with van der Waals surface area (Å²) in [7, 11) is 1.35. The van der Waals surface area contributed by atoms with E-state index in [1.54, 1.807) is 30.5 Å². The molecule has 3 aromatic carbocycles. The molecule has 146 valence electrons. The average Bonchev–Trinajstić information content (AvgIpc) is 2.77. The first-order chi connectivity index (χ1) is 14.0. The molecule has 29 heavy (non-hydrogen) atoms. The molecule has 0 aliphatic heterocycles. The third-order valence-electron chi connectivity index (χ3n) is 4.08. The maximum absolute atomic E-state index is 11.4. The van der Waals surface area contributed by atoms with Crippen molar-refractivity contribution in [2.45, 2.75) is 6.61 Å². The number of carbonyl (C=O) groups excluding carboxylic acids is 1. The number of nitro groups is 1. The second kappa shape index (κ2) is 9.27. The van der Waals surface area contributed by atoms with Crippen LogP contribution in [0.3, 0.4) is 0 Å². The summed E-state index contributed by atoms with van der Waals surface area (Å²) in [4.78, 5) is 25.9. The molecule has 0 saturated heterocycles. The summed E-state index contributed by atoms with van der Waals surface area (Å²) < 4.78 is 10.4. The van der Waals surface area contributed by atoms with Crippen LogP contribution < -0.4 is 4.74 Å². The Balaban J connectivity index is 1.55. The lowest BCUT2D eigenvalue weighted by atomic mass is 10.1. The highest BCUT2D eigenvalue weighted by Crippen LogP contribution is 2.19. The Kier molecular flexibility index (Phi) is 6.32. The number of nitrogens with zero attached hydrogens (tertiary/aromatic N) is 2. The van der Waals surface area contributed by atoms with Crippen molar-refractivity contribution in [3.05, 3.63) is 99.6 Å². The number of esters is 1. The average molecular weight is 390 g/mol. The van der Waals surface area contributed by atoms with Crippen molar-refractivity contribution in [1.82, 2.24) is 0 Å². The Hall–Kier alpha value is -4.00. The van der Waals surface area contributed by atoms with Crippen molar-refractivity contribution in [3.63, 3.8) is 0 Å². The largest absolute Gasteiger partial charge is 0.489 e. The highest BCUT2D eigenvalue weighted by atomic mass is 16.6. The van der Waals surface area contributed by atoms with Crippen molar-refractivity contribution in [1.29, 1.82) is 0 Å². The first-order valence-electron chi connectivity index (χ1n) is 8.74. The standard InChI is InChI=1S/C22H18N2O5/c1-28-22(25)18-6-2-17(3-7-18)15-29-21-12-4-16(5-13-21)14-23-19-8-10-20(11-9-19)24(26)27/h2-14H,15H2,1H3. The van der Waals surface area contributed by atoms with Crippen molar-refractivity contribution < 1.29 is 19.2 Å². The molecule has 0 saturated carbocycles. The molecule has 7 heteroatoms. The number of rotatable bonds is 7. The molecular formula is C22H18N2O5. The van der Waals surface area contributed by atoms with Crippen molar-refractivity contribution in [2.24, 2.45) is 4.99 Å². The number of carbonyl (C=O) groups is 1. The number of benzene rings is 3. The van der Waals surface area contributed by atoms with E-state index >= 15 is 0 Å². The van der Waals surface area contributed by atoms with Gasteiger partial charge in [-0.3, -0.25) is 15.1 Å². The molecule has 3 rings (SSSR count). The number of aliphatic imine (C=N–C) groups is 1. The lowest BCUT2D eigenvalue weighted by molar-refractivity contribution is -0.384. The van der Waals surface area contributed by atoms with E-state index in [2.05, 4.69) is 9.73 Å². The topological polar surface area (TPSA) is 91.0 Å². The van der Waals surface area contributed by atoms with Gasteiger partial charge < -0.3 is 9.47 Å². The van der Waals surface area contributed by atoms with Gasteiger partial charge in [0.1, 0.15) is 12.4 Å². The zero-order valence-corrected chi connectivity index (χ0v) is 15.6. The summed E-state index contributed by atoms with van der Waals surface area (Å²) in [6.45, 7) is 0.373. The Bertz CT molecular complexity index is 1010. The molecule has 0 aliphatic carbocycles. The first-order valence-corrected chi connectivity index (χ1v) is 8.74. The van der Waals surface area contributed by atoms with Gasteiger partial charge in [-0.2, -0.15) is 0 Å². The molecule has 0 atom stereocenters. The first kappa shape index (κ1) is 19.8. The van der Waals surface area contributed by atoms with E-state index in [-0.39, 0.29) is 11.7 Å². The minimum absolute atomic E-state index is 0.0328. The van der Waals surface area contributed by atoms with E-state index in [0.717, 1.165) is 11.1 Å². The zero-order valence-electron chi connectivity index (χ0n) is 15.6. The number of non-ortho nitro benzene ring substituents is 1. The van der Waals surface area contributed by atoms with E-state index in [1.165, 1.54) is 19.2 Å². The molecule has 7 nitrogen and oxygen atoms in total. The molecule has 0 fully saturated rings. The van der Waals surface area contributed by atoms with Gasteiger partial charge in [-0.25, -0.2) is 4.79 Å². The maximum atomic E-state index is 11.4. The van der Waals surface area contributed by atoms with Crippen LogP contribution in [-0.4, -0.2) is 24.2 Å². The molecule has 0 unspecified atom stereocenters. The van der Waals surface area contributed by atoms with E-state index in [4.69, 9.17) is 4.74 Å². The van der Waals surface area contributed by atoms with Gasteiger partial charge in [-0.05, 0) is 59.7 Å². The Morgan fingerprint density at radius 1 is 1.00 bits per heavy atom. The van der Waals surface area contributed by atoms with Crippen LogP contribution in [0.4, 0.5) is 11.4 Å². The molecule has 0 N–H and O–H groups in total. The van der Waals surface area contributed by atoms with Crippen molar-refractivity contribution in [2.75, 3.05) is 7.11 Å². The van der Waals surface area contributed by atoms with Gasteiger partial charge in [-0.1, -0.05) is 12.1 Å². The van der Waals surface area contributed by atoms with Crippen molar-refractivity contribution >= 4 is 23.6 Å². The SMILES string of the molecule is COC(=O)c1ccc(COc2ccc(C=Nc3ccc([N+](=O)[O-])cc3)cc2)cc1. The minimum Gasteiger partial charge on any atom is -0.489 e. The van der Waals surface area contributed by atoms with Crippen LogP contribution in [0.2, 0.25) is 0 Å². The fraction of sp³-hybridized carbons (Fsp3) is 0.0909. The highest BCUT2D eigenvalue weighted by molar-refractivity contribution is 5.89. The van der Waals surface area contributed by atoms with Gasteiger partial charge in [0.25, 0.3) is 5.69 Å². The number of methoxy groups -OCH3 is 1. The monoisotopic (exact) mass is 390 g/mol. The van der Waals surface area contributed by atoms with Gasteiger partial charge in [0.15, 0.2) is 0 Å². The number of ether oxygens (including phenoxy) is 2. The molecular weight excluding hydrogens is 372 g/mol.